The van der Waals surface area contributed by atoms with E-state index in [0.717, 1.165) is 0 Å². The van der Waals surface area contributed by atoms with Crippen LogP contribution in [0.4, 0.5) is 0 Å². The Labute approximate surface area is 96.6 Å². The highest BCUT2D eigenvalue weighted by atomic mass is 16.2. The Hall–Kier alpha value is -0.990. The van der Waals surface area contributed by atoms with E-state index in [9.17, 15) is 14.4 Å². The maximum atomic E-state index is 11.9. The van der Waals surface area contributed by atoms with Crippen molar-refractivity contribution in [1.29, 1.82) is 0 Å². The van der Waals surface area contributed by atoms with Crippen molar-refractivity contribution in [3.63, 3.8) is 0 Å². The number of rotatable bonds is 4. The second-order valence-electron chi connectivity index (χ2n) is 5.30. The molecule has 0 aromatic heterocycles. The van der Waals surface area contributed by atoms with Crippen molar-refractivity contribution in [1.82, 2.24) is 0 Å². The predicted molar refractivity (Wildman–Crippen MR) is 60.9 cm³/mol. The summed E-state index contributed by atoms with van der Waals surface area (Å²) in [6.07, 6.45) is 0.436. The van der Waals surface area contributed by atoms with Crippen LogP contribution < -0.4 is 0 Å². The summed E-state index contributed by atoms with van der Waals surface area (Å²) < 4.78 is 0. The van der Waals surface area contributed by atoms with Crippen LogP contribution in [0.2, 0.25) is 0 Å². The van der Waals surface area contributed by atoms with Crippen molar-refractivity contribution in [2.45, 2.75) is 40.5 Å². The second kappa shape index (κ2) is 4.89. The lowest BCUT2D eigenvalue weighted by Gasteiger charge is -2.12. The van der Waals surface area contributed by atoms with Crippen molar-refractivity contribution in [3.05, 3.63) is 0 Å². The summed E-state index contributed by atoms with van der Waals surface area (Å²) >= 11 is 0. The Kier molecular flexibility index (Phi) is 4.00. The number of hydrogen-bond donors (Lipinski definition) is 0. The summed E-state index contributed by atoms with van der Waals surface area (Å²) in [5.74, 6) is -0.781. The van der Waals surface area contributed by atoms with Gasteiger partial charge in [-0.3, -0.25) is 14.4 Å². The minimum Gasteiger partial charge on any atom is -0.299 e. The molecule has 16 heavy (non-hydrogen) atoms. The van der Waals surface area contributed by atoms with Gasteiger partial charge in [0, 0.05) is 24.7 Å². The van der Waals surface area contributed by atoms with Crippen LogP contribution in [0.3, 0.4) is 0 Å². The standard InChI is InChI=1S/C13H20O3/c1-7(2)9-5-12(15)10(13(9)16)6-11(14)8(3)4/h7-10H,5-6H2,1-4H3. The average molecular weight is 224 g/mol. The third-order valence-electron chi connectivity index (χ3n) is 3.37. The molecule has 1 fully saturated rings. The van der Waals surface area contributed by atoms with Gasteiger partial charge >= 0.3 is 0 Å². The predicted octanol–water partition coefficient (Wildman–Crippen LogP) is 2.03. The molecule has 1 aliphatic carbocycles. The third kappa shape index (κ3) is 2.57. The third-order valence-corrected chi connectivity index (χ3v) is 3.37. The van der Waals surface area contributed by atoms with Gasteiger partial charge in [-0.05, 0) is 5.92 Å². The zero-order valence-corrected chi connectivity index (χ0v) is 10.4. The number of carbonyl (C=O) groups is 3. The van der Waals surface area contributed by atoms with E-state index in [1.165, 1.54) is 0 Å². The second-order valence-corrected chi connectivity index (χ2v) is 5.30. The Morgan fingerprint density at radius 1 is 1.25 bits per heavy atom. The molecule has 1 rings (SSSR count). The molecule has 3 heteroatoms. The van der Waals surface area contributed by atoms with Crippen LogP contribution in [0.15, 0.2) is 0 Å². The molecule has 0 aliphatic heterocycles. The monoisotopic (exact) mass is 224 g/mol. The van der Waals surface area contributed by atoms with Gasteiger partial charge in [0.15, 0.2) is 0 Å². The Morgan fingerprint density at radius 2 is 1.81 bits per heavy atom. The van der Waals surface area contributed by atoms with E-state index in [1.54, 1.807) is 13.8 Å². The van der Waals surface area contributed by atoms with E-state index < -0.39 is 5.92 Å². The molecule has 0 amide bonds. The van der Waals surface area contributed by atoms with E-state index in [1.807, 2.05) is 13.8 Å². The maximum absolute atomic E-state index is 11.9. The molecule has 0 N–H and O–H groups in total. The minimum atomic E-state index is -0.651. The number of ketones is 3. The normalized spacial score (nSPS) is 25.9. The first kappa shape index (κ1) is 13.1. The van der Waals surface area contributed by atoms with Crippen LogP contribution in [0.25, 0.3) is 0 Å². The summed E-state index contributed by atoms with van der Waals surface area (Å²) in [7, 11) is 0. The molecule has 2 atom stereocenters. The van der Waals surface area contributed by atoms with Gasteiger partial charge in [0.05, 0.1) is 5.92 Å². The van der Waals surface area contributed by atoms with Gasteiger partial charge in [-0.1, -0.05) is 27.7 Å². The fourth-order valence-electron chi connectivity index (χ4n) is 2.09. The molecule has 0 heterocycles. The average Bonchev–Trinajstić information content (AvgIpc) is 2.45. The lowest BCUT2D eigenvalue weighted by atomic mass is 9.89. The molecule has 0 aromatic carbocycles. The van der Waals surface area contributed by atoms with Gasteiger partial charge in [0.2, 0.25) is 0 Å². The first-order chi connectivity index (χ1) is 7.34. The van der Waals surface area contributed by atoms with Crippen LogP contribution in [-0.2, 0) is 14.4 Å². The van der Waals surface area contributed by atoms with Crippen molar-refractivity contribution >= 4 is 17.3 Å². The van der Waals surface area contributed by atoms with Crippen LogP contribution in [0, 0.1) is 23.7 Å². The number of Topliss-reactive ketones (excluding diaryl/α,β-unsaturated/α-hetero) is 3. The molecule has 1 aliphatic rings. The van der Waals surface area contributed by atoms with Gasteiger partial charge in [0.25, 0.3) is 0 Å². The first-order valence-electron chi connectivity index (χ1n) is 5.93. The van der Waals surface area contributed by atoms with E-state index in [-0.39, 0.29) is 41.5 Å². The lowest BCUT2D eigenvalue weighted by Crippen LogP contribution is -2.24. The van der Waals surface area contributed by atoms with Gasteiger partial charge in [-0.2, -0.15) is 0 Å². The Bertz CT molecular complexity index is 315. The molecular weight excluding hydrogens is 204 g/mol. The SMILES string of the molecule is CC(C)C(=O)CC1C(=O)CC(C(C)C)C1=O. The van der Waals surface area contributed by atoms with E-state index in [2.05, 4.69) is 0 Å². The van der Waals surface area contributed by atoms with Gasteiger partial charge in [-0.15, -0.1) is 0 Å². The van der Waals surface area contributed by atoms with Crippen LogP contribution in [0.5, 0.6) is 0 Å². The van der Waals surface area contributed by atoms with Crippen LogP contribution in [-0.4, -0.2) is 17.3 Å². The largest absolute Gasteiger partial charge is 0.299 e. The maximum Gasteiger partial charge on any atom is 0.147 e. The highest BCUT2D eigenvalue weighted by molar-refractivity contribution is 6.12. The summed E-state index contributed by atoms with van der Waals surface area (Å²) in [4.78, 5) is 35.2. The van der Waals surface area contributed by atoms with Crippen LogP contribution >= 0.6 is 0 Å². The molecule has 0 radical (unpaired) electrons. The molecule has 1 saturated carbocycles. The number of hydrogen-bond acceptors (Lipinski definition) is 3. The molecule has 3 nitrogen and oxygen atoms in total. The summed E-state index contributed by atoms with van der Waals surface area (Å²) in [6.45, 7) is 7.49. The lowest BCUT2D eigenvalue weighted by molar-refractivity contribution is -0.133. The van der Waals surface area contributed by atoms with Gasteiger partial charge < -0.3 is 0 Å². The number of carbonyl (C=O) groups excluding carboxylic acids is 3. The van der Waals surface area contributed by atoms with Crippen molar-refractivity contribution in [2.75, 3.05) is 0 Å². The Morgan fingerprint density at radius 3 is 2.19 bits per heavy atom. The highest BCUT2D eigenvalue weighted by Gasteiger charge is 2.43. The Balaban J connectivity index is 2.72. The molecule has 0 aromatic rings. The smallest absolute Gasteiger partial charge is 0.147 e. The zero-order chi connectivity index (χ0) is 12.5. The summed E-state index contributed by atoms with van der Waals surface area (Å²) in [5.41, 5.74) is 0. The minimum absolute atomic E-state index is 0.0103. The molecule has 0 saturated heterocycles. The quantitative estimate of drug-likeness (QED) is 0.686. The molecule has 2 unspecified atom stereocenters. The first-order valence-corrected chi connectivity index (χ1v) is 5.93. The highest BCUT2D eigenvalue weighted by Crippen LogP contribution is 2.32. The molecule has 90 valence electrons. The fourth-order valence-corrected chi connectivity index (χ4v) is 2.09. The van der Waals surface area contributed by atoms with Crippen molar-refractivity contribution in [2.24, 2.45) is 23.7 Å². The molecule has 0 spiro atoms. The molecular formula is C13H20O3. The van der Waals surface area contributed by atoms with Gasteiger partial charge in [0.1, 0.15) is 17.3 Å². The van der Waals surface area contributed by atoms with E-state index >= 15 is 0 Å². The van der Waals surface area contributed by atoms with Crippen molar-refractivity contribution in [3.8, 4) is 0 Å². The van der Waals surface area contributed by atoms with Crippen molar-refractivity contribution < 1.29 is 14.4 Å². The van der Waals surface area contributed by atoms with Crippen LogP contribution in [0.1, 0.15) is 40.5 Å². The van der Waals surface area contributed by atoms with E-state index in [4.69, 9.17) is 0 Å². The summed E-state index contributed by atoms with van der Waals surface area (Å²) in [5, 5.41) is 0. The van der Waals surface area contributed by atoms with Gasteiger partial charge in [-0.25, -0.2) is 0 Å². The zero-order valence-electron chi connectivity index (χ0n) is 10.4. The summed E-state index contributed by atoms with van der Waals surface area (Å²) in [6, 6.07) is 0. The molecule has 0 bridgehead atoms. The van der Waals surface area contributed by atoms with E-state index in [0.29, 0.717) is 6.42 Å². The topological polar surface area (TPSA) is 51.2 Å². The fraction of sp³-hybridized carbons (Fsp3) is 0.769.